The summed E-state index contributed by atoms with van der Waals surface area (Å²) in [7, 11) is 0. The quantitative estimate of drug-likeness (QED) is 0.756. The zero-order chi connectivity index (χ0) is 11.5. The van der Waals surface area contributed by atoms with Crippen molar-refractivity contribution >= 4 is 5.97 Å². The highest BCUT2D eigenvalue weighted by Gasteiger charge is 2.34. The first-order chi connectivity index (χ1) is 7.74. The van der Waals surface area contributed by atoms with E-state index in [1.807, 2.05) is 23.1 Å². The monoisotopic (exact) mass is 218 g/mol. The van der Waals surface area contributed by atoms with Crippen LogP contribution in [0.4, 0.5) is 0 Å². The van der Waals surface area contributed by atoms with E-state index in [0.29, 0.717) is 6.42 Å². The minimum atomic E-state index is -0.944. The number of hydrogen-bond donors (Lipinski definition) is 0. The summed E-state index contributed by atoms with van der Waals surface area (Å²) < 4.78 is 0. The lowest BCUT2D eigenvalue weighted by Gasteiger charge is -2.46. The van der Waals surface area contributed by atoms with Gasteiger partial charge in [-0.1, -0.05) is 37.3 Å². The molecule has 1 aliphatic heterocycles. The minimum Gasteiger partial charge on any atom is -0.548 e. The maximum absolute atomic E-state index is 10.9. The standard InChI is InChI=1S/C13H17NO2/c1-2-11(10-6-4-3-5-7-10)14-9-8-12(14)13(15)16/h3-7,11-12H,2,8-9H2,1H3,(H,15,16)/p-1. The van der Waals surface area contributed by atoms with Crippen LogP contribution in [-0.2, 0) is 4.79 Å². The maximum Gasteiger partial charge on any atom is 0.0587 e. The summed E-state index contributed by atoms with van der Waals surface area (Å²) in [6.45, 7) is 2.94. The molecule has 86 valence electrons. The zero-order valence-corrected chi connectivity index (χ0v) is 9.43. The van der Waals surface area contributed by atoms with E-state index in [2.05, 4.69) is 19.1 Å². The Labute approximate surface area is 95.7 Å². The second-order valence-corrected chi connectivity index (χ2v) is 4.20. The Balaban J connectivity index is 2.15. The van der Waals surface area contributed by atoms with Gasteiger partial charge in [0.2, 0.25) is 0 Å². The van der Waals surface area contributed by atoms with Crippen molar-refractivity contribution in [2.24, 2.45) is 0 Å². The highest BCUT2D eigenvalue weighted by Crippen LogP contribution is 2.32. The van der Waals surface area contributed by atoms with Crippen LogP contribution in [-0.4, -0.2) is 23.5 Å². The molecule has 1 fully saturated rings. The summed E-state index contributed by atoms with van der Waals surface area (Å²) in [6.07, 6.45) is 1.64. The van der Waals surface area contributed by atoms with Crippen LogP contribution in [0.1, 0.15) is 31.4 Å². The predicted octanol–water partition coefficient (Wildman–Crippen LogP) is 0.962. The molecule has 0 saturated carbocycles. The van der Waals surface area contributed by atoms with Gasteiger partial charge in [-0.2, -0.15) is 0 Å². The SMILES string of the molecule is CCC(c1ccccc1)N1CCC1C(=O)[O-]. The number of carbonyl (C=O) groups excluding carboxylic acids is 1. The number of rotatable bonds is 4. The Hall–Kier alpha value is -1.35. The van der Waals surface area contributed by atoms with Gasteiger partial charge in [-0.25, -0.2) is 0 Å². The van der Waals surface area contributed by atoms with Crippen molar-refractivity contribution in [2.45, 2.75) is 31.8 Å². The van der Waals surface area contributed by atoms with Gasteiger partial charge in [0, 0.05) is 12.6 Å². The van der Waals surface area contributed by atoms with E-state index in [1.54, 1.807) is 0 Å². The Kier molecular flexibility index (Phi) is 3.25. The fraction of sp³-hybridized carbons (Fsp3) is 0.462. The van der Waals surface area contributed by atoms with E-state index < -0.39 is 12.0 Å². The third-order valence-electron chi connectivity index (χ3n) is 3.30. The molecule has 0 amide bonds. The van der Waals surface area contributed by atoms with Gasteiger partial charge in [0.1, 0.15) is 0 Å². The summed E-state index contributed by atoms with van der Waals surface area (Å²) in [5.74, 6) is -0.944. The summed E-state index contributed by atoms with van der Waals surface area (Å²) in [5.41, 5.74) is 1.19. The molecule has 1 saturated heterocycles. The molecule has 0 N–H and O–H groups in total. The smallest absolute Gasteiger partial charge is 0.0587 e. The molecule has 1 heterocycles. The van der Waals surface area contributed by atoms with E-state index in [0.717, 1.165) is 13.0 Å². The first kappa shape index (κ1) is 11.1. The molecule has 0 aromatic heterocycles. The number of benzene rings is 1. The number of nitrogens with zero attached hydrogens (tertiary/aromatic N) is 1. The second kappa shape index (κ2) is 4.66. The summed E-state index contributed by atoms with van der Waals surface area (Å²) in [4.78, 5) is 12.9. The van der Waals surface area contributed by atoms with Gasteiger partial charge in [-0.3, -0.25) is 4.90 Å². The lowest BCUT2D eigenvalue weighted by atomic mass is 9.94. The molecule has 2 rings (SSSR count). The van der Waals surface area contributed by atoms with Crippen LogP contribution in [0.5, 0.6) is 0 Å². The molecule has 1 aromatic carbocycles. The molecule has 0 bridgehead atoms. The molecule has 0 aliphatic carbocycles. The molecule has 2 unspecified atom stereocenters. The predicted molar refractivity (Wildman–Crippen MR) is 59.6 cm³/mol. The van der Waals surface area contributed by atoms with Gasteiger partial charge in [-0.05, 0) is 18.4 Å². The van der Waals surface area contributed by atoms with Crippen molar-refractivity contribution in [2.75, 3.05) is 6.54 Å². The maximum atomic E-state index is 10.9. The van der Waals surface area contributed by atoms with Gasteiger partial charge in [-0.15, -0.1) is 0 Å². The molecular formula is C13H16NO2-. The van der Waals surface area contributed by atoms with Crippen molar-refractivity contribution in [1.82, 2.24) is 4.90 Å². The van der Waals surface area contributed by atoms with Crippen molar-refractivity contribution in [3.8, 4) is 0 Å². The minimum absolute atomic E-state index is 0.206. The second-order valence-electron chi connectivity index (χ2n) is 4.20. The van der Waals surface area contributed by atoms with Crippen LogP contribution in [0.3, 0.4) is 0 Å². The van der Waals surface area contributed by atoms with Crippen LogP contribution in [0.2, 0.25) is 0 Å². The normalized spacial score (nSPS) is 22.4. The van der Waals surface area contributed by atoms with Crippen LogP contribution in [0, 0.1) is 0 Å². The highest BCUT2D eigenvalue weighted by atomic mass is 16.4. The van der Waals surface area contributed by atoms with Crippen molar-refractivity contribution in [3.05, 3.63) is 35.9 Å². The molecule has 3 heteroatoms. The Bertz CT molecular complexity index is 363. The highest BCUT2D eigenvalue weighted by molar-refractivity contribution is 5.72. The number of aliphatic carboxylic acids is 1. The molecule has 3 nitrogen and oxygen atoms in total. The lowest BCUT2D eigenvalue weighted by molar-refractivity contribution is -0.316. The third kappa shape index (κ3) is 1.95. The molecule has 1 aromatic rings. The molecule has 0 radical (unpaired) electrons. The fourth-order valence-corrected chi connectivity index (χ4v) is 2.37. The van der Waals surface area contributed by atoms with Crippen LogP contribution < -0.4 is 5.11 Å². The number of carboxylic acid groups (broad SMARTS) is 1. The average molecular weight is 218 g/mol. The van der Waals surface area contributed by atoms with E-state index in [-0.39, 0.29) is 6.04 Å². The number of likely N-dealkylation sites (tertiary alicyclic amines) is 1. The Morgan fingerprint density at radius 1 is 1.50 bits per heavy atom. The van der Waals surface area contributed by atoms with Crippen LogP contribution in [0.15, 0.2) is 30.3 Å². The summed E-state index contributed by atoms with van der Waals surface area (Å²) >= 11 is 0. The van der Waals surface area contributed by atoms with Gasteiger partial charge in [0.05, 0.1) is 12.0 Å². The number of carboxylic acids is 1. The van der Waals surface area contributed by atoms with Crippen molar-refractivity contribution < 1.29 is 9.90 Å². The van der Waals surface area contributed by atoms with Crippen molar-refractivity contribution in [1.29, 1.82) is 0 Å². The summed E-state index contributed by atoms with van der Waals surface area (Å²) in [6, 6.07) is 9.88. The first-order valence-corrected chi connectivity index (χ1v) is 5.75. The third-order valence-corrected chi connectivity index (χ3v) is 3.30. The van der Waals surface area contributed by atoms with Crippen molar-refractivity contribution in [3.63, 3.8) is 0 Å². The molecule has 16 heavy (non-hydrogen) atoms. The number of hydrogen-bond acceptors (Lipinski definition) is 3. The van der Waals surface area contributed by atoms with E-state index in [1.165, 1.54) is 5.56 Å². The van der Waals surface area contributed by atoms with Gasteiger partial charge in [0.25, 0.3) is 0 Å². The molecule has 1 aliphatic rings. The number of carbonyl (C=O) groups is 1. The lowest BCUT2D eigenvalue weighted by Crippen LogP contribution is -2.57. The first-order valence-electron chi connectivity index (χ1n) is 5.75. The zero-order valence-electron chi connectivity index (χ0n) is 9.43. The Morgan fingerprint density at radius 2 is 2.19 bits per heavy atom. The summed E-state index contributed by atoms with van der Waals surface area (Å²) in [5, 5.41) is 10.9. The molecule has 2 atom stereocenters. The topological polar surface area (TPSA) is 43.4 Å². The largest absolute Gasteiger partial charge is 0.548 e. The van der Waals surface area contributed by atoms with Gasteiger partial charge in [0.15, 0.2) is 0 Å². The van der Waals surface area contributed by atoms with E-state index >= 15 is 0 Å². The van der Waals surface area contributed by atoms with E-state index in [9.17, 15) is 9.90 Å². The van der Waals surface area contributed by atoms with Gasteiger partial charge >= 0.3 is 0 Å². The average Bonchev–Trinajstić information content (AvgIpc) is 2.24. The fourth-order valence-electron chi connectivity index (χ4n) is 2.37. The Morgan fingerprint density at radius 3 is 2.62 bits per heavy atom. The molecule has 0 spiro atoms. The van der Waals surface area contributed by atoms with Crippen LogP contribution in [0.25, 0.3) is 0 Å². The van der Waals surface area contributed by atoms with E-state index in [4.69, 9.17) is 0 Å². The molecular weight excluding hydrogens is 202 g/mol. The van der Waals surface area contributed by atoms with Gasteiger partial charge < -0.3 is 9.90 Å². The van der Waals surface area contributed by atoms with Crippen LogP contribution >= 0.6 is 0 Å².